The lowest BCUT2D eigenvalue weighted by atomic mass is 10.1. The summed E-state index contributed by atoms with van der Waals surface area (Å²) in [6.45, 7) is -0.365. The van der Waals surface area contributed by atoms with E-state index in [9.17, 15) is 10.2 Å². The lowest BCUT2D eigenvalue weighted by Crippen LogP contribution is -2.33. The second-order valence-corrected chi connectivity index (χ2v) is 4.96. The van der Waals surface area contributed by atoms with Crippen molar-refractivity contribution in [2.45, 2.75) is 24.5 Å². The highest BCUT2D eigenvalue weighted by molar-refractivity contribution is 5.89. The molecule has 3 aromatic heterocycles. The molecule has 0 bridgehead atoms. The summed E-state index contributed by atoms with van der Waals surface area (Å²) in [7, 11) is 0. The van der Waals surface area contributed by atoms with Gasteiger partial charge in [-0.1, -0.05) is 0 Å². The van der Waals surface area contributed by atoms with Crippen LogP contribution in [0.2, 0.25) is 0 Å². The van der Waals surface area contributed by atoms with E-state index in [1.165, 1.54) is 12.7 Å². The van der Waals surface area contributed by atoms with Crippen LogP contribution >= 0.6 is 0 Å². The van der Waals surface area contributed by atoms with E-state index in [0.29, 0.717) is 11.3 Å². The van der Waals surface area contributed by atoms with E-state index in [-0.39, 0.29) is 6.61 Å². The largest absolute Gasteiger partial charge is 0.394 e. The predicted molar refractivity (Wildman–Crippen MR) is 69.3 cm³/mol. The summed E-state index contributed by atoms with van der Waals surface area (Å²) in [5.74, 6) is 0. The zero-order valence-electron chi connectivity index (χ0n) is 10.8. The van der Waals surface area contributed by atoms with Crippen LogP contribution in [0.25, 0.3) is 16.7 Å². The molecule has 1 fully saturated rings. The van der Waals surface area contributed by atoms with Crippen molar-refractivity contribution in [3.05, 3.63) is 24.9 Å². The van der Waals surface area contributed by atoms with Gasteiger partial charge in [0.2, 0.25) is 0 Å². The number of aliphatic hydroxyl groups excluding tert-OH is 3. The van der Waals surface area contributed by atoms with E-state index in [0.717, 1.165) is 5.39 Å². The molecule has 0 aromatic carbocycles. The Morgan fingerprint density at radius 3 is 2.81 bits per heavy atom. The molecule has 4 unspecified atom stereocenters. The molecular formula is C12H13N5O4. The van der Waals surface area contributed by atoms with Crippen LogP contribution in [0.4, 0.5) is 0 Å². The number of nitrogens with zero attached hydrogens (tertiary/aromatic N) is 5. The summed E-state index contributed by atoms with van der Waals surface area (Å²) >= 11 is 0. The topological polar surface area (TPSA) is 118 Å². The highest BCUT2D eigenvalue weighted by Gasteiger charge is 2.43. The average molecular weight is 291 g/mol. The molecule has 0 spiro atoms. The molecule has 1 saturated heterocycles. The van der Waals surface area contributed by atoms with Crippen molar-refractivity contribution in [2.24, 2.45) is 0 Å². The van der Waals surface area contributed by atoms with Crippen molar-refractivity contribution in [1.29, 1.82) is 0 Å². The average Bonchev–Trinajstić information content (AvgIpc) is 3.17. The van der Waals surface area contributed by atoms with Crippen LogP contribution < -0.4 is 0 Å². The molecule has 0 aliphatic carbocycles. The molecule has 4 atom stereocenters. The normalized spacial score (nSPS) is 29.7. The minimum atomic E-state index is -1.14. The Hall–Kier alpha value is -2.07. The van der Waals surface area contributed by atoms with Gasteiger partial charge in [0.15, 0.2) is 11.9 Å². The zero-order valence-corrected chi connectivity index (χ0v) is 10.8. The summed E-state index contributed by atoms with van der Waals surface area (Å²) in [5.41, 5.74) is 1.20. The first kappa shape index (κ1) is 12.7. The monoisotopic (exact) mass is 291 g/mol. The van der Waals surface area contributed by atoms with Crippen LogP contribution in [0, 0.1) is 0 Å². The van der Waals surface area contributed by atoms with Gasteiger partial charge in [-0.3, -0.25) is 0 Å². The molecule has 4 rings (SSSR count). The van der Waals surface area contributed by atoms with E-state index in [4.69, 9.17) is 9.84 Å². The Kier molecular flexibility index (Phi) is 2.69. The highest BCUT2D eigenvalue weighted by Crippen LogP contribution is 2.32. The fourth-order valence-electron chi connectivity index (χ4n) is 2.70. The maximum absolute atomic E-state index is 10.1. The van der Waals surface area contributed by atoms with Crippen LogP contribution in [0.5, 0.6) is 0 Å². The highest BCUT2D eigenvalue weighted by atomic mass is 16.6. The van der Waals surface area contributed by atoms with Crippen molar-refractivity contribution in [1.82, 2.24) is 24.1 Å². The first-order chi connectivity index (χ1) is 10.2. The zero-order chi connectivity index (χ0) is 14.6. The number of rotatable bonds is 2. The molecule has 0 radical (unpaired) electrons. The molecule has 21 heavy (non-hydrogen) atoms. The number of hydrogen-bond donors (Lipinski definition) is 3. The standard InChI is InChI=1S/C12H13N5O4/c18-3-7-8(19)9(20)12(21-7)16-2-1-6-10(16)14-5-17-11(6)13-4-15-17/h1-2,4-5,7-9,12,18-20H,3H2. The number of aromatic nitrogens is 5. The molecule has 1 aliphatic heterocycles. The van der Waals surface area contributed by atoms with Crippen molar-refractivity contribution >= 4 is 16.7 Å². The van der Waals surface area contributed by atoms with Crippen LogP contribution in [0.1, 0.15) is 6.23 Å². The van der Waals surface area contributed by atoms with Crippen LogP contribution in [0.3, 0.4) is 0 Å². The first-order valence-corrected chi connectivity index (χ1v) is 6.48. The van der Waals surface area contributed by atoms with Gasteiger partial charge in [-0.15, -0.1) is 0 Å². The summed E-state index contributed by atoms with van der Waals surface area (Å²) in [5, 5.41) is 33.9. The number of aliphatic hydroxyl groups is 3. The molecular weight excluding hydrogens is 278 g/mol. The first-order valence-electron chi connectivity index (χ1n) is 6.48. The van der Waals surface area contributed by atoms with Gasteiger partial charge in [-0.2, -0.15) is 5.10 Å². The minimum Gasteiger partial charge on any atom is -0.394 e. The number of fused-ring (bicyclic) bond motifs is 3. The summed E-state index contributed by atoms with van der Waals surface area (Å²) < 4.78 is 8.68. The third kappa shape index (κ3) is 1.69. The van der Waals surface area contributed by atoms with Gasteiger partial charge >= 0.3 is 0 Å². The Balaban J connectivity index is 1.84. The lowest BCUT2D eigenvalue weighted by molar-refractivity contribution is -0.0508. The maximum atomic E-state index is 10.1. The molecule has 3 aromatic rings. The smallest absolute Gasteiger partial charge is 0.168 e. The Morgan fingerprint density at radius 1 is 1.19 bits per heavy atom. The quantitative estimate of drug-likeness (QED) is 0.536. The Bertz CT molecular complexity index is 799. The van der Waals surface area contributed by atoms with Crippen LogP contribution in [-0.4, -0.2) is 64.4 Å². The van der Waals surface area contributed by atoms with Crippen LogP contribution in [0.15, 0.2) is 24.9 Å². The Labute approximate surface area is 118 Å². The second kappa shape index (κ2) is 4.46. The molecule has 0 saturated carbocycles. The molecule has 4 heterocycles. The molecule has 9 nitrogen and oxygen atoms in total. The number of hydrogen-bond acceptors (Lipinski definition) is 7. The van der Waals surface area contributed by atoms with Gasteiger partial charge in [0.05, 0.1) is 12.0 Å². The van der Waals surface area contributed by atoms with Crippen molar-refractivity contribution < 1.29 is 20.1 Å². The fourth-order valence-corrected chi connectivity index (χ4v) is 2.70. The van der Waals surface area contributed by atoms with Crippen molar-refractivity contribution in [2.75, 3.05) is 6.61 Å². The lowest BCUT2D eigenvalue weighted by Gasteiger charge is -2.17. The van der Waals surface area contributed by atoms with Gasteiger partial charge in [-0.05, 0) is 6.07 Å². The van der Waals surface area contributed by atoms with Gasteiger partial charge < -0.3 is 24.6 Å². The van der Waals surface area contributed by atoms with E-state index < -0.39 is 24.5 Å². The number of ether oxygens (including phenoxy) is 1. The molecule has 9 heteroatoms. The molecule has 1 aliphatic rings. The van der Waals surface area contributed by atoms with E-state index in [1.807, 2.05) is 0 Å². The molecule has 3 N–H and O–H groups in total. The maximum Gasteiger partial charge on any atom is 0.168 e. The third-order valence-electron chi connectivity index (χ3n) is 3.78. The van der Waals surface area contributed by atoms with Crippen molar-refractivity contribution in [3.63, 3.8) is 0 Å². The summed E-state index contributed by atoms with van der Waals surface area (Å²) in [4.78, 5) is 8.44. The summed E-state index contributed by atoms with van der Waals surface area (Å²) in [6, 6.07) is 1.79. The van der Waals surface area contributed by atoms with E-state index >= 15 is 0 Å². The summed E-state index contributed by atoms with van der Waals surface area (Å²) in [6.07, 6.45) is 0.727. The van der Waals surface area contributed by atoms with Gasteiger partial charge in [0, 0.05) is 6.20 Å². The van der Waals surface area contributed by atoms with Crippen LogP contribution in [-0.2, 0) is 4.74 Å². The SMILES string of the molecule is OCC1OC(n2ccc3c2ncn2ncnc32)C(O)C1O. The molecule has 0 amide bonds. The van der Waals surface area contributed by atoms with Gasteiger partial charge in [-0.25, -0.2) is 14.5 Å². The van der Waals surface area contributed by atoms with Gasteiger partial charge in [0.25, 0.3) is 0 Å². The molecule has 110 valence electrons. The van der Waals surface area contributed by atoms with E-state index in [1.54, 1.807) is 21.3 Å². The Morgan fingerprint density at radius 2 is 2.05 bits per heavy atom. The third-order valence-corrected chi connectivity index (χ3v) is 3.78. The van der Waals surface area contributed by atoms with Gasteiger partial charge in [0.1, 0.15) is 36.6 Å². The van der Waals surface area contributed by atoms with E-state index in [2.05, 4.69) is 15.1 Å². The fraction of sp³-hybridized carbons (Fsp3) is 0.417. The predicted octanol–water partition coefficient (Wildman–Crippen LogP) is -1.31. The second-order valence-electron chi connectivity index (χ2n) is 4.96. The van der Waals surface area contributed by atoms with Crippen molar-refractivity contribution in [3.8, 4) is 0 Å². The minimum absolute atomic E-state index is 0.365.